The molecule has 1 unspecified atom stereocenters. The Morgan fingerprint density at radius 2 is 2.15 bits per heavy atom. The van der Waals surface area contributed by atoms with E-state index in [0.29, 0.717) is 26.2 Å². The van der Waals surface area contributed by atoms with Crippen LogP contribution in [0.5, 0.6) is 0 Å². The lowest BCUT2D eigenvalue weighted by Crippen LogP contribution is -2.18. The second-order valence-electron chi connectivity index (χ2n) is 3.20. The summed E-state index contributed by atoms with van der Waals surface area (Å²) < 4.78 is 15.3. The van der Waals surface area contributed by atoms with E-state index in [9.17, 15) is 5.11 Å². The standard InChI is InChI=1S/C9H18O4/c1-11-4-2-3-8(10)7-9-12-5-6-13-9/h8-10H,2-7H2,1H3. The summed E-state index contributed by atoms with van der Waals surface area (Å²) in [5.74, 6) is 0. The second kappa shape index (κ2) is 6.32. The first-order valence-electron chi connectivity index (χ1n) is 4.73. The van der Waals surface area contributed by atoms with Gasteiger partial charge in [-0.1, -0.05) is 0 Å². The summed E-state index contributed by atoms with van der Waals surface area (Å²) in [6, 6.07) is 0. The van der Waals surface area contributed by atoms with Gasteiger partial charge in [0.1, 0.15) is 0 Å². The molecule has 4 nitrogen and oxygen atoms in total. The Balaban J connectivity index is 1.99. The van der Waals surface area contributed by atoms with Crippen molar-refractivity contribution in [2.24, 2.45) is 0 Å². The first kappa shape index (κ1) is 10.9. The van der Waals surface area contributed by atoms with Crippen LogP contribution in [0.2, 0.25) is 0 Å². The molecule has 1 atom stereocenters. The van der Waals surface area contributed by atoms with Gasteiger partial charge in [0.2, 0.25) is 0 Å². The van der Waals surface area contributed by atoms with Gasteiger partial charge in [-0.05, 0) is 12.8 Å². The van der Waals surface area contributed by atoms with E-state index in [-0.39, 0.29) is 12.4 Å². The maximum atomic E-state index is 9.52. The maximum Gasteiger partial charge on any atom is 0.160 e. The van der Waals surface area contributed by atoms with Crippen molar-refractivity contribution in [2.45, 2.75) is 31.7 Å². The van der Waals surface area contributed by atoms with Crippen LogP contribution in [0.3, 0.4) is 0 Å². The second-order valence-corrected chi connectivity index (χ2v) is 3.20. The molecule has 0 amide bonds. The van der Waals surface area contributed by atoms with E-state index in [1.54, 1.807) is 7.11 Å². The molecule has 13 heavy (non-hydrogen) atoms. The SMILES string of the molecule is COCCCC(O)CC1OCCO1. The van der Waals surface area contributed by atoms with Crippen molar-refractivity contribution in [1.29, 1.82) is 0 Å². The molecule has 78 valence electrons. The van der Waals surface area contributed by atoms with Crippen molar-refractivity contribution in [3.05, 3.63) is 0 Å². The van der Waals surface area contributed by atoms with E-state index in [1.807, 2.05) is 0 Å². The number of methoxy groups -OCH3 is 1. The topological polar surface area (TPSA) is 47.9 Å². The summed E-state index contributed by atoms with van der Waals surface area (Å²) in [4.78, 5) is 0. The van der Waals surface area contributed by atoms with E-state index < -0.39 is 0 Å². The van der Waals surface area contributed by atoms with Gasteiger partial charge in [0.25, 0.3) is 0 Å². The molecule has 1 aliphatic rings. The highest BCUT2D eigenvalue weighted by molar-refractivity contribution is 4.61. The van der Waals surface area contributed by atoms with Crippen LogP contribution in [0, 0.1) is 0 Å². The fourth-order valence-electron chi connectivity index (χ4n) is 1.35. The van der Waals surface area contributed by atoms with E-state index in [1.165, 1.54) is 0 Å². The third-order valence-electron chi connectivity index (χ3n) is 2.04. The molecular formula is C9H18O4. The van der Waals surface area contributed by atoms with Crippen molar-refractivity contribution in [3.8, 4) is 0 Å². The smallest absolute Gasteiger partial charge is 0.160 e. The third kappa shape index (κ3) is 4.57. The van der Waals surface area contributed by atoms with Gasteiger partial charge in [0, 0.05) is 20.1 Å². The van der Waals surface area contributed by atoms with Gasteiger partial charge in [-0.2, -0.15) is 0 Å². The Morgan fingerprint density at radius 1 is 1.46 bits per heavy atom. The minimum atomic E-state index is -0.335. The fourth-order valence-corrected chi connectivity index (χ4v) is 1.35. The molecule has 0 bridgehead atoms. The molecule has 0 saturated carbocycles. The highest BCUT2D eigenvalue weighted by Crippen LogP contribution is 2.13. The van der Waals surface area contributed by atoms with Crippen molar-refractivity contribution in [3.63, 3.8) is 0 Å². The van der Waals surface area contributed by atoms with Gasteiger partial charge in [-0.25, -0.2) is 0 Å². The molecule has 4 heteroatoms. The summed E-state index contributed by atoms with van der Waals surface area (Å²) in [5.41, 5.74) is 0. The Labute approximate surface area is 78.8 Å². The normalized spacial score (nSPS) is 20.8. The zero-order valence-corrected chi connectivity index (χ0v) is 8.07. The maximum absolute atomic E-state index is 9.52. The zero-order valence-electron chi connectivity index (χ0n) is 8.07. The Kier molecular flexibility index (Phi) is 5.31. The van der Waals surface area contributed by atoms with Crippen molar-refractivity contribution in [2.75, 3.05) is 26.9 Å². The van der Waals surface area contributed by atoms with Crippen LogP contribution in [-0.4, -0.2) is 44.4 Å². The first-order chi connectivity index (χ1) is 6.33. The number of hydrogen-bond acceptors (Lipinski definition) is 4. The number of ether oxygens (including phenoxy) is 3. The van der Waals surface area contributed by atoms with Gasteiger partial charge >= 0.3 is 0 Å². The van der Waals surface area contributed by atoms with Gasteiger partial charge in [-0.15, -0.1) is 0 Å². The van der Waals surface area contributed by atoms with E-state index in [2.05, 4.69) is 0 Å². The van der Waals surface area contributed by atoms with Gasteiger partial charge in [0.15, 0.2) is 6.29 Å². The quantitative estimate of drug-likeness (QED) is 0.621. The van der Waals surface area contributed by atoms with Gasteiger partial charge in [0.05, 0.1) is 19.3 Å². The van der Waals surface area contributed by atoms with Crippen molar-refractivity contribution >= 4 is 0 Å². The van der Waals surface area contributed by atoms with Crippen LogP contribution < -0.4 is 0 Å². The molecule has 0 aliphatic carbocycles. The van der Waals surface area contributed by atoms with Crippen LogP contribution in [0.4, 0.5) is 0 Å². The lowest BCUT2D eigenvalue weighted by molar-refractivity contribution is -0.0717. The van der Waals surface area contributed by atoms with Crippen LogP contribution >= 0.6 is 0 Å². The minimum absolute atomic E-state index is 0.197. The molecule has 0 spiro atoms. The summed E-state index contributed by atoms with van der Waals surface area (Å²) in [7, 11) is 1.66. The van der Waals surface area contributed by atoms with E-state index in [0.717, 1.165) is 12.8 Å². The molecule has 1 heterocycles. The first-order valence-corrected chi connectivity index (χ1v) is 4.73. The summed E-state index contributed by atoms with van der Waals surface area (Å²) in [5, 5.41) is 9.52. The lowest BCUT2D eigenvalue weighted by atomic mass is 10.1. The fraction of sp³-hybridized carbons (Fsp3) is 1.00. The number of rotatable bonds is 6. The number of aliphatic hydroxyl groups excluding tert-OH is 1. The molecule has 1 rings (SSSR count). The van der Waals surface area contributed by atoms with Gasteiger partial charge in [-0.3, -0.25) is 0 Å². The van der Waals surface area contributed by atoms with Gasteiger partial charge < -0.3 is 19.3 Å². The van der Waals surface area contributed by atoms with Crippen molar-refractivity contribution < 1.29 is 19.3 Å². The highest BCUT2D eigenvalue weighted by Gasteiger charge is 2.19. The molecular weight excluding hydrogens is 172 g/mol. The highest BCUT2D eigenvalue weighted by atomic mass is 16.7. The summed E-state index contributed by atoms with van der Waals surface area (Å²) in [6.07, 6.45) is 1.67. The molecule has 1 N–H and O–H groups in total. The summed E-state index contributed by atoms with van der Waals surface area (Å²) >= 11 is 0. The van der Waals surface area contributed by atoms with Crippen LogP contribution in [0.25, 0.3) is 0 Å². The largest absolute Gasteiger partial charge is 0.393 e. The number of hydrogen-bond donors (Lipinski definition) is 1. The molecule has 0 aromatic rings. The average molecular weight is 190 g/mol. The third-order valence-corrected chi connectivity index (χ3v) is 2.04. The van der Waals surface area contributed by atoms with E-state index in [4.69, 9.17) is 14.2 Å². The Bertz CT molecular complexity index is 123. The molecule has 1 aliphatic heterocycles. The van der Waals surface area contributed by atoms with Crippen molar-refractivity contribution in [1.82, 2.24) is 0 Å². The predicted octanol–water partition coefficient (Wildman–Crippen LogP) is 0.537. The average Bonchev–Trinajstić information content (AvgIpc) is 2.57. The van der Waals surface area contributed by atoms with Crippen LogP contribution in [0.1, 0.15) is 19.3 Å². The molecule has 1 saturated heterocycles. The molecule has 0 aromatic carbocycles. The Hall–Kier alpha value is -0.160. The molecule has 1 fully saturated rings. The van der Waals surface area contributed by atoms with Crippen LogP contribution in [0.15, 0.2) is 0 Å². The Morgan fingerprint density at radius 3 is 2.77 bits per heavy atom. The minimum Gasteiger partial charge on any atom is -0.393 e. The summed E-state index contributed by atoms with van der Waals surface area (Å²) in [6.45, 7) is 1.99. The number of aliphatic hydroxyl groups is 1. The molecule has 0 aromatic heterocycles. The zero-order chi connectivity index (χ0) is 9.52. The van der Waals surface area contributed by atoms with Crippen LogP contribution in [-0.2, 0) is 14.2 Å². The monoisotopic (exact) mass is 190 g/mol. The van der Waals surface area contributed by atoms with E-state index >= 15 is 0 Å². The molecule has 0 radical (unpaired) electrons. The lowest BCUT2D eigenvalue weighted by Gasteiger charge is -2.14. The predicted molar refractivity (Wildman–Crippen MR) is 47.4 cm³/mol.